The lowest BCUT2D eigenvalue weighted by molar-refractivity contribution is 0.290. The zero-order valence-corrected chi connectivity index (χ0v) is 18.3. The van der Waals surface area contributed by atoms with E-state index in [0.717, 1.165) is 17.0 Å². The Morgan fingerprint density at radius 3 is 2.34 bits per heavy atom. The number of aromatic nitrogens is 3. The van der Waals surface area contributed by atoms with Crippen LogP contribution in [0.3, 0.4) is 0 Å². The first-order valence-electron chi connectivity index (χ1n) is 9.45. The van der Waals surface area contributed by atoms with E-state index in [1.165, 1.54) is 5.56 Å². The molecule has 0 fully saturated rings. The largest absolute Gasteiger partial charge is 0.486 e. The molecule has 0 amide bonds. The van der Waals surface area contributed by atoms with Crippen LogP contribution in [0, 0.1) is 4.77 Å². The van der Waals surface area contributed by atoms with Gasteiger partial charge in [0, 0.05) is 19.8 Å². The Morgan fingerprint density at radius 1 is 1.10 bits per heavy atom. The number of benzene rings is 2. The van der Waals surface area contributed by atoms with Crippen LogP contribution in [-0.2, 0) is 12.0 Å². The molecular weight excluding hydrogens is 382 g/mol. The molecule has 1 N–H and O–H groups in total. The Kier molecular flexibility index (Phi) is 6.17. The number of hydrogen-bond acceptors (Lipinski definition) is 5. The molecule has 3 rings (SSSR count). The summed E-state index contributed by atoms with van der Waals surface area (Å²) in [5.74, 6) is 1.39. The molecule has 0 atom stereocenters. The zero-order valence-electron chi connectivity index (χ0n) is 17.5. The fraction of sp³-hybridized carbons (Fsp3) is 0.318. The van der Waals surface area contributed by atoms with Crippen molar-refractivity contribution in [3.8, 4) is 5.75 Å². The van der Waals surface area contributed by atoms with Gasteiger partial charge in [0.2, 0.25) is 4.77 Å². The first-order chi connectivity index (χ1) is 13.7. The minimum Gasteiger partial charge on any atom is -0.486 e. The van der Waals surface area contributed by atoms with Gasteiger partial charge in [-0.25, -0.2) is 5.10 Å². The van der Waals surface area contributed by atoms with Crippen molar-refractivity contribution in [2.75, 3.05) is 19.0 Å². The van der Waals surface area contributed by atoms with E-state index >= 15 is 0 Å². The average molecular weight is 410 g/mol. The molecule has 0 bridgehead atoms. The highest BCUT2D eigenvalue weighted by Gasteiger charge is 2.13. The lowest BCUT2D eigenvalue weighted by Gasteiger charge is -2.19. The van der Waals surface area contributed by atoms with Crippen LogP contribution >= 0.6 is 12.2 Å². The molecule has 0 saturated heterocycles. The fourth-order valence-electron chi connectivity index (χ4n) is 2.72. The van der Waals surface area contributed by atoms with Gasteiger partial charge in [0.05, 0.1) is 6.21 Å². The van der Waals surface area contributed by atoms with E-state index in [9.17, 15) is 0 Å². The van der Waals surface area contributed by atoms with E-state index in [4.69, 9.17) is 17.0 Å². The summed E-state index contributed by atoms with van der Waals surface area (Å²) in [5, 5.41) is 11.5. The van der Waals surface area contributed by atoms with Gasteiger partial charge in [0.15, 0.2) is 5.82 Å². The fourth-order valence-corrected chi connectivity index (χ4v) is 2.92. The van der Waals surface area contributed by atoms with Gasteiger partial charge in [0.1, 0.15) is 12.4 Å². The van der Waals surface area contributed by atoms with Gasteiger partial charge >= 0.3 is 0 Å². The maximum Gasteiger partial charge on any atom is 0.216 e. The van der Waals surface area contributed by atoms with Crippen molar-refractivity contribution in [1.29, 1.82) is 0 Å². The molecule has 0 radical (unpaired) electrons. The molecular formula is C22H27N5OS. The Balaban J connectivity index is 1.70. The predicted octanol–water partition coefficient (Wildman–Crippen LogP) is 4.77. The quantitative estimate of drug-likeness (QED) is 0.471. The Labute approximate surface area is 176 Å². The molecule has 2 aromatic carbocycles. The van der Waals surface area contributed by atoms with Crippen molar-refractivity contribution in [2.24, 2.45) is 5.10 Å². The Bertz CT molecular complexity index is 1020. The average Bonchev–Trinajstić information content (AvgIpc) is 3.04. The minimum absolute atomic E-state index is 0.112. The SMILES string of the molecule is CN(C)c1ccc(/C=N\n2c(COc3ccc(C(C)(C)C)cc3)n[nH]c2=S)cc1. The van der Waals surface area contributed by atoms with Crippen molar-refractivity contribution in [1.82, 2.24) is 14.9 Å². The number of nitrogens with one attached hydrogen (secondary N) is 1. The van der Waals surface area contributed by atoms with Gasteiger partial charge in [-0.1, -0.05) is 45.0 Å². The van der Waals surface area contributed by atoms with Crippen molar-refractivity contribution < 1.29 is 4.74 Å². The summed E-state index contributed by atoms with van der Waals surface area (Å²) in [6, 6.07) is 16.2. The normalized spacial score (nSPS) is 11.8. The van der Waals surface area contributed by atoms with Gasteiger partial charge in [-0.3, -0.25) is 0 Å². The van der Waals surface area contributed by atoms with Crippen LogP contribution in [0.4, 0.5) is 5.69 Å². The van der Waals surface area contributed by atoms with E-state index in [-0.39, 0.29) is 12.0 Å². The van der Waals surface area contributed by atoms with Gasteiger partial charge < -0.3 is 9.64 Å². The van der Waals surface area contributed by atoms with E-state index < -0.39 is 0 Å². The second-order valence-corrected chi connectivity index (χ2v) is 8.44. The van der Waals surface area contributed by atoms with Gasteiger partial charge in [-0.2, -0.15) is 14.9 Å². The van der Waals surface area contributed by atoms with Gasteiger partial charge in [0.25, 0.3) is 0 Å². The summed E-state index contributed by atoms with van der Waals surface area (Å²) >= 11 is 5.30. The zero-order chi connectivity index (χ0) is 21.0. The van der Waals surface area contributed by atoms with Crippen LogP contribution < -0.4 is 9.64 Å². The van der Waals surface area contributed by atoms with Crippen LogP contribution in [-0.4, -0.2) is 35.2 Å². The third-order valence-corrected chi connectivity index (χ3v) is 4.80. The van der Waals surface area contributed by atoms with E-state index in [2.05, 4.69) is 53.1 Å². The standard InChI is InChI=1S/C22H27N5OS/c1-22(2,3)17-8-12-19(13-9-17)28-15-20-24-25-21(29)27(20)23-14-16-6-10-18(11-7-16)26(4)5/h6-14H,15H2,1-5H3,(H,25,29)/b23-14-. The first-order valence-corrected chi connectivity index (χ1v) is 9.86. The van der Waals surface area contributed by atoms with Crippen LogP contribution in [0.25, 0.3) is 0 Å². The molecule has 6 nitrogen and oxygen atoms in total. The number of nitrogens with zero attached hydrogens (tertiary/aromatic N) is 4. The summed E-state index contributed by atoms with van der Waals surface area (Å²) in [7, 11) is 4.02. The maximum atomic E-state index is 5.88. The number of ether oxygens (including phenoxy) is 1. The monoisotopic (exact) mass is 409 g/mol. The van der Waals surface area contributed by atoms with E-state index in [1.807, 2.05) is 50.5 Å². The van der Waals surface area contributed by atoms with Crippen LogP contribution in [0.2, 0.25) is 0 Å². The van der Waals surface area contributed by atoms with Crippen LogP contribution in [0.15, 0.2) is 53.6 Å². The second-order valence-electron chi connectivity index (χ2n) is 8.05. The summed E-state index contributed by atoms with van der Waals surface area (Å²) < 4.78 is 7.88. The number of rotatable bonds is 6. The molecule has 0 unspecified atom stereocenters. The summed E-state index contributed by atoms with van der Waals surface area (Å²) in [4.78, 5) is 2.05. The summed E-state index contributed by atoms with van der Waals surface area (Å²) in [5.41, 5.74) is 3.48. The number of hydrogen-bond donors (Lipinski definition) is 1. The molecule has 0 spiro atoms. The molecule has 29 heavy (non-hydrogen) atoms. The highest BCUT2D eigenvalue weighted by molar-refractivity contribution is 7.71. The molecule has 3 aromatic rings. The molecule has 1 heterocycles. The number of aromatic amines is 1. The van der Waals surface area contributed by atoms with Crippen LogP contribution in [0.1, 0.15) is 37.7 Å². The third-order valence-electron chi connectivity index (χ3n) is 4.54. The van der Waals surface area contributed by atoms with Crippen molar-refractivity contribution >= 4 is 24.1 Å². The topological polar surface area (TPSA) is 58.4 Å². The van der Waals surface area contributed by atoms with Crippen molar-refractivity contribution in [2.45, 2.75) is 32.8 Å². The van der Waals surface area contributed by atoms with Crippen molar-refractivity contribution in [3.63, 3.8) is 0 Å². The van der Waals surface area contributed by atoms with Crippen LogP contribution in [0.5, 0.6) is 5.75 Å². The van der Waals surface area contributed by atoms with E-state index in [1.54, 1.807) is 10.9 Å². The third kappa shape index (κ3) is 5.32. The number of H-pyrrole nitrogens is 1. The van der Waals surface area contributed by atoms with E-state index in [0.29, 0.717) is 10.6 Å². The molecule has 0 aliphatic rings. The number of anilines is 1. The Hall–Kier alpha value is -2.93. The molecule has 152 valence electrons. The maximum absolute atomic E-state index is 5.88. The predicted molar refractivity (Wildman–Crippen MR) is 121 cm³/mol. The molecule has 0 aliphatic heterocycles. The minimum atomic E-state index is 0.112. The van der Waals surface area contributed by atoms with Gasteiger partial charge in [-0.05, 0) is 53.0 Å². The molecule has 1 aromatic heterocycles. The first kappa shape index (κ1) is 20.8. The van der Waals surface area contributed by atoms with Crippen molar-refractivity contribution in [3.05, 3.63) is 70.3 Å². The Morgan fingerprint density at radius 2 is 1.76 bits per heavy atom. The molecule has 0 saturated carbocycles. The molecule has 7 heteroatoms. The highest BCUT2D eigenvalue weighted by Crippen LogP contribution is 2.24. The molecule has 0 aliphatic carbocycles. The lowest BCUT2D eigenvalue weighted by Crippen LogP contribution is -2.10. The highest BCUT2D eigenvalue weighted by atomic mass is 32.1. The summed E-state index contributed by atoms with van der Waals surface area (Å²) in [6.45, 7) is 6.82. The second kappa shape index (κ2) is 8.61. The van der Waals surface area contributed by atoms with Gasteiger partial charge in [-0.15, -0.1) is 0 Å². The lowest BCUT2D eigenvalue weighted by atomic mass is 9.87. The smallest absolute Gasteiger partial charge is 0.216 e. The summed E-state index contributed by atoms with van der Waals surface area (Å²) in [6.07, 6.45) is 1.76.